The van der Waals surface area contributed by atoms with Gasteiger partial charge in [0.15, 0.2) is 0 Å². The van der Waals surface area contributed by atoms with Gasteiger partial charge in [0, 0.05) is 29.1 Å². The first-order chi connectivity index (χ1) is 12.5. The molecule has 0 bridgehead atoms. The predicted molar refractivity (Wildman–Crippen MR) is 97.8 cm³/mol. The molecule has 3 aromatic rings. The number of anilines is 1. The number of halogens is 1. The summed E-state index contributed by atoms with van der Waals surface area (Å²) in [6.07, 6.45) is 1.47. The number of hydrogen-bond donors (Lipinski definition) is 3. The predicted octanol–water partition coefficient (Wildman–Crippen LogP) is 4.24. The number of aliphatic imine (C=N–C) groups is 1. The van der Waals surface area contributed by atoms with E-state index >= 15 is 0 Å². The van der Waals surface area contributed by atoms with Crippen molar-refractivity contribution in [3.63, 3.8) is 0 Å². The minimum atomic E-state index is -0.400. The highest BCUT2D eigenvalue weighted by atomic mass is 19.1. The lowest BCUT2D eigenvalue weighted by Crippen LogP contribution is -2.11. The zero-order chi connectivity index (χ0) is 18.5. The van der Waals surface area contributed by atoms with E-state index in [1.807, 2.05) is 0 Å². The number of hydrogen-bond acceptors (Lipinski definition) is 4. The smallest absolute Gasteiger partial charge is 0.255 e. The standard InChI is InChI=1S/C20H15FN2O3/c21-15-4-1-13(2-5-15)20(26)23-17-8-6-16(7-9-17)22-12-14-3-10-18(24)11-19(14)25/h1-12,24-25H,(H,23,26). The fourth-order valence-corrected chi connectivity index (χ4v) is 2.22. The van der Waals surface area contributed by atoms with Crippen molar-refractivity contribution < 1.29 is 19.4 Å². The number of amides is 1. The molecule has 3 aromatic carbocycles. The minimum Gasteiger partial charge on any atom is -0.508 e. The van der Waals surface area contributed by atoms with Crippen molar-refractivity contribution in [3.05, 3.63) is 83.7 Å². The van der Waals surface area contributed by atoms with Crippen LogP contribution in [0.5, 0.6) is 11.5 Å². The number of phenols is 2. The zero-order valence-corrected chi connectivity index (χ0v) is 13.6. The molecule has 0 aliphatic carbocycles. The van der Waals surface area contributed by atoms with Gasteiger partial charge in [0.25, 0.3) is 5.91 Å². The Morgan fingerprint density at radius 1 is 0.962 bits per heavy atom. The molecule has 0 fully saturated rings. The summed E-state index contributed by atoms with van der Waals surface area (Å²) >= 11 is 0. The number of carbonyl (C=O) groups is 1. The number of aromatic hydroxyl groups is 2. The average molecular weight is 350 g/mol. The van der Waals surface area contributed by atoms with Crippen LogP contribution in [0.15, 0.2) is 71.7 Å². The molecule has 0 aliphatic heterocycles. The van der Waals surface area contributed by atoms with Crippen LogP contribution in [0.2, 0.25) is 0 Å². The second-order valence-corrected chi connectivity index (χ2v) is 5.51. The van der Waals surface area contributed by atoms with Crippen LogP contribution in [0, 0.1) is 5.82 Å². The maximum atomic E-state index is 12.9. The van der Waals surface area contributed by atoms with Gasteiger partial charge in [-0.1, -0.05) is 0 Å². The largest absolute Gasteiger partial charge is 0.508 e. The number of nitrogens with one attached hydrogen (secondary N) is 1. The molecule has 1 amide bonds. The quantitative estimate of drug-likeness (QED) is 0.616. The van der Waals surface area contributed by atoms with E-state index in [4.69, 9.17) is 0 Å². The number of carbonyl (C=O) groups excluding carboxylic acids is 1. The van der Waals surface area contributed by atoms with E-state index in [1.54, 1.807) is 30.3 Å². The Hall–Kier alpha value is -3.67. The first kappa shape index (κ1) is 17.2. The monoisotopic (exact) mass is 350 g/mol. The molecular formula is C20H15FN2O3. The van der Waals surface area contributed by atoms with Crippen LogP contribution in [0.4, 0.5) is 15.8 Å². The van der Waals surface area contributed by atoms with Gasteiger partial charge < -0.3 is 15.5 Å². The first-order valence-electron chi connectivity index (χ1n) is 7.74. The number of benzene rings is 3. The maximum absolute atomic E-state index is 12.9. The summed E-state index contributed by atoms with van der Waals surface area (Å²) in [5, 5.41) is 21.7. The van der Waals surface area contributed by atoms with Crippen molar-refractivity contribution in [3.8, 4) is 11.5 Å². The van der Waals surface area contributed by atoms with Crippen LogP contribution in [-0.2, 0) is 0 Å². The van der Waals surface area contributed by atoms with Crippen molar-refractivity contribution in [2.24, 2.45) is 4.99 Å². The topological polar surface area (TPSA) is 81.9 Å². The van der Waals surface area contributed by atoms with Gasteiger partial charge >= 0.3 is 0 Å². The molecule has 0 saturated carbocycles. The van der Waals surface area contributed by atoms with E-state index in [2.05, 4.69) is 10.3 Å². The van der Waals surface area contributed by atoms with Gasteiger partial charge in [-0.25, -0.2) is 4.39 Å². The summed E-state index contributed by atoms with van der Waals surface area (Å²) in [5.41, 5.74) is 2.02. The van der Waals surface area contributed by atoms with Crippen molar-refractivity contribution in [1.82, 2.24) is 0 Å². The van der Waals surface area contributed by atoms with E-state index in [-0.39, 0.29) is 17.4 Å². The van der Waals surface area contributed by atoms with Gasteiger partial charge in [0.05, 0.1) is 5.69 Å². The summed E-state index contributed by atoms with van der Waals surface area (Å²) in [6, 6.07) is 16.3. The third-order valence-electron chi connectivity index (χ3n) is 3.60. The van der Waals surface area contributed by atoms with Crippen LogP contribution >= 0.6 is 0 Å². The Morgan fingerprint density at radius 3 is 2.31 bits per heavy atom. The lowest BCUT2D eigenvalue weighted by molar-refractivity contribution is 0.102. The molecule has 0 aliphatic rings. The van der Waals surface area contributed by atoms with E-state index < -0.39 is 5.82 Å². The molecule has 0 unspecified atom stereocenters. The summed E-state index contributed by atoms with van der Waals surface area (Å²) < 4.78 is 12.9. The fraction of sp³-hybridized carbons (Fsp3) is 0. The second-order valence-electron chi connectivity index (χ2n) is 5.51. The highest BCUT2D eigenvalue weighted by molar-refractivity contribution is 6.04. The molecule has 0 saturated heterocycles. The molecule has 5 nitrogen and oxygen atoms in total. The van der Waals surface area contributed by atoms with Crippen LogP contribution in [0.25, 0.3) is 0 Å². The third kappa shape index (κ3) is 4.24. The zero-order valence-electron chi connectivity index (χ0n) is 13.6. The van der Waals surface area contributed by atoms with Crippen LogP contribution in [0.1, 0.15) is 15.9 Å². The molecule has 26 heavy (non-hydrogen) atoms. The maximum Gasteiger partial charge on any atom is 0.255 e. The highest BCUT2D eigenvalue weighted by Gasteiger charge is 2.06. The summed E-state index contributed by atoms with van der Waals surface area (Å²) in [5.74, 6) is -0.837. The van der Waals surface area contributed by atoms with Crippen molar-refractivity contribution >= 4 is 23.5 Å². The number of nitrogens with zero attached hydrogens (tertiary/aromatic N) is 1. The lowest BCUT2D eigenvalue weighted by Gasteiger charge is -2.05. The molecule has 130 valence electrons. The molecule has 0 heterocycles. The molecule has 0 spiro atoms. The Kier molecular flexibility index (Phi) is 4.94. The van der Waals surface area contributed by atoms with Crippen LogP contribution < -0.4 is 5.32 Å². The van der Waals surface area contributed by atoms with Gasteiger partial charge in [0.2, 0.25) is 0 Å². The number of phenolic OH excluding ortho intramolecular Hbond substituents is 2. The molecular weight excluding hydrogens is 335 g/mol. The van der Waals surface area contributed by atoms with E-state index in [9.17, 15) is 19.4 Å². The Morgan fingerprint density at radius 2 is 1.65 bits per heavy atom. The first-order valence-corrected chi connectivity index (χ1v) is 7.74. The normalized spacial score (nSPS) is 10.8. The van der Waals surface area contributed by atoms with Gasteiger partial charge in [-0.15, -0.1) is 0 Å². The average Bonchev–Trinajstić information content (AvgIpc) is 2.63. The van der Waals surface area contributed by atoms with E-state index in [0.717, 1.165) is 0 Å². The molecule has 6 heteroatoms. The molecule has 3 N–H and O–H groups in total. The van der Waals surface area contributed by atoms with Crippen molar-refractivity contribution in [2.75, 3.05) is 5.32 Å². The van der Waals surface area contributed by atoms with E-state index in [1.165, 1.54) is 42.6 Å². The third-order valence-corrected chi connectivity index (χ3v) is 3.60. The Labute approximate surface area is 149 Å². The van der Waals surface area contributed by atoms with Gasteiger partial charge in [-0.3, -0.25) is 9.79 Å². The SMILES string of the molecule is O=C(Nc1ccc(N=Cc2ccc(O)cc2O)cc1)c1ccc(F)cc1. The van der Waals surface area contributed by atoms with E-state index in [0.29, 0.717) is 22.5 Å². The summed E-state index contributed by atoms with van der Waals surface area (Å²) in [4.78, 5) is 16.3. The van der Waals surface area contributed by atoms with Gasteiger partial charge in [-0.2, -0.15) is 0 Å². The summed E-state index contributed by atoms with van der Waals surface area (Å²) in [6.45, 7) is 0. The molecule has 0 radical (unpaired) electrons. The second kappa shape index (κ2) is 7.48. The minimum absolute atomic E-state index is 0.0269. The Balaban J connectivity index is 1.67. The molecule has 0 atom stereocenters. The van der Waals surface area contributed by atoms with Gasteiger partial charge in [0.1, 0.15) is 17.3 Å². The molecule has 0 aromatic heterocycles. The lowest BCUT2D eigenvalue weighted by atomic mass is 10.2. The number of rotatable bonds is 4. The summed E-state index contributed by atoms with van der Waals surface area (Å²) in [7, 11) is 0. The fourth-order valence-electron chi connectivity index (χ4n) is 2.22. The Bertz CT molecular complexity index is 952. The molecule has 3 rings (SSSR count). The van der Waals surface area contributed by atoms with Crippen LogP contribution in [-0.4, -0.2) is 22.3 Å². The van der Waals surface area contributed by atoms with Crippen LogP contribution in [0.3, 0.4) is 0 Å². The highest BCUT2D eigenvalue weighted by Crippen LogP contribution is 2.22. The van der Waals surface area contributed by atoms with Gasteiger partial charge in [-0.05, 0) is 60.7 Å². The van der Waals surface area contributed by atoms with Crippen molar-refractivity contribution in [1.29, 1.82) is 0 Å². The van der Waals surface area contributed by atoms with Crippen molar-refractivity contribution in [2.45, 2.75) is 0 Å².